The minimum atomic E-state index is -1.79. The molecular weight excluding hydrogens is 298 g/mol. The van der Waals surface area contributed by atoms with Crippen molar-refractivity contribution >= 4 is 14.4 Å². The maximum absolute atomic E-state index is 12.1. The Balaban J connectivity index is 2.52. The van der Waals surface area contributed by atoms with Gasteiger partial charge in [0.15, 0.2) is 8.32 Å². The minimum absolute atomic E-state index is 0.0737. The van der Waals surface area contributed by atoms with Crippen molar-refractivity contribution in [2.45, 2.75) is 71.4 Å². The second kappa shape index (κ2) is 6.89. The minimum Gasteiger partial charge on any atom is -0.444 e. The number of carbonyl (C=O) groups excluding carboxylic acids is 1. The number of nitrogens with zero attached hydrogens (tertiary/aromatic N) is 1. The van der Waals surface area contributed by atoms with Crippen molar-refractivity contribution in [2.24, 2.45) is 0 Å². The van der Waals surface area contributed by atoms with Gasteiger partial charge in [-0.1, -0.05) is 20.8 Å². The summed E-state index contributed by atoms with van der Waals surface area (Å²) in [7, 11) is -1.79. The van der Waals surface area contributed by atoms with Crippen molar-refractivity contribution in [1.82, 2.24) is 4.90 Å². The molecule has 0 aromatic carbocycles. The standard InChI is InChI=1S/C16H33NO4Si/c1-15(2,3)21-14(18)17-9-10-19-13(11-17)12-20-22(7,8)16(4,5)6/h13H,9-12H2,1-8H3. The molecule has 1 aliphatic heterocycles. The van der Waals surface area contributed by atoms with E-state index in [1.807, 2.05) is 20.8 Å². The predicted octanol–water partition coefficient (Wildman–Crippen LogP) is 3.64. The van der Waals surface area contributed by atoms with Crippen LogP contribution in [0.3, 0.4) is 0 Å². The van der Waals surface area contributed by atoms with E-state index in [0.29, 0.717) is 26.3 Å². The largest absolute Gasteiger partial charge is 0.444 e. The molecular formula is C16H33NO4Si. The highest BCUT2D eigenvalue weighted by atomic mass is 28.4. The van der Waals surface area contributed by atoms with Crippen molar-refractivity contribution in [3.63, 3.8) is 0 Å². The Morgan fingerprint density at radius 2 is 1.82 bits per heavy atom. The van der Waals surface area contributed by atoms with Crippen LogP contribution in [0, 0.1) is 0 Å². The van der Waals surface area contributed by atoms with Gasteiger partial charge in [0.2, 0.25) is 0 Å². The zero-order valence-corrected chi connectivity index (χ0v) is 16.5. The van der Waals surface area contributed by atoms with Crippen LogP contribution in [0.5, 0.6) is 0 Å². The Morgan fingerprint density at radius 1 is 1.23 bits per heavy atom. The molecule has 0 aliphatic carbocycles. The number of carbonyl (C=O) groups is 1. The predicted molar refractivity (Wildman–Crippen MR) is 90.7 cm³/mol. The molecule has 1 aliphatic rings. The van der Waals surface area contributed by atoms with E-state index in [2.05, 4.69) is 33.9 Å². The lowest BCUT2D eigenvalue weighted by atomic mass is 10.2. The molecule has 0 spiro atoms. The lowest BCUT2D eigenvalue weighted by Crippen LogP contribution is -2.50. The van der Waals surface area contributed by atoms with E-state index in [0.717, 1.165) is 0 Å². The molecule has 1 heterocycles. The molecule has 5 nitrogen and oxygen atoms in total. The van der Waals surface area contributed by atoms with Crippen LogP contribution in [0.1, 0.15) is 41.5 Å². The first-order valence-electron chi connectivity index (χ1n) is 8.05. The van der Waals surface area contributed by atoms with Gasteiger partial charge in [0.25, 0.3) is 0 Å². The van der Waals surface area contributed by atoms with Crippen LogP contribution < -0.4 is 0 Å². The third-order valence-electron chi connectivity index (χ3n) is 4.23. The van der Waals surface area contributed by atoms with E-state index < -0.39 is 13.9 Å². The molecule has 0 radical (unpaired) electrons. The van der Waals surface area contributed by atoms with Crippen LogP contribution in [0.2, 0.25) is 18.1 Å². The zero-order chi connectivity index (χ0) is 17.2. The molecule has 130 valence electrons. The summed E-state index contributed by atoms with van der Waals surface area (Å²) in [6.07, 6.45) is -0.344. The van der Waals surface area contributed by atoms with E-state index in [4.69, 9.17) is 13.9 Å². The highest BCUT2D eigenvalue weighted by Gasteiger charge is 2.38. The van der Waals surface area contributed by atoms with Gasteiger partial charge in [-0.15, -0.1) is 0 Å². The summed E-state index contributed by atoms with van der Waals surface area (Å²) in [6, 6.07) is 0. The quantitative estimate of drug-likeness (QED) is 0.741. The van der Waals surface area contributed by atoms with Crippen molar-refractivity contribution in [1.29, 1.82) is 0 Å². The van der Waals surface area contributed by atoms with Gasteiger partial charge in [-0.2, -0.15) is 0 Å². The van der Waals surface area contributed by atoms with Crippen molar-refractivity contribution in [3.8, 4) is 0 Å². The lowest BCUT2D eigenvalue weighted by molar-refractivity contribution is -0.0573. The Kier molecular flexibility index (Phi) is 6.09. The maximum Gasteiger partial charge on any atom is 0.410 e. The van der Waals surface area contributed by atoms with Crippen molar-refractivity contribution in [2.75, 3.05) is 26.3 Å². The van der Waals surface area contributed by atoms with E-state index in [-0.39, 0.29) is 17.2 Å². The SMILES string of the molecule is CC(C)(C)OC(=O)N1CCOC(CO[Si](C)(C)C(C)(C)C)C1. The number of ether oxygens (including phenoxy) is 2. The van der Waals surface area contributed by atoms with Crippen LogP contribution in [0.25, 0.3) is 0 Å². The Hall–Kier alpha value is -0.593. The Bertz CT molecular complexity index is 385. The summed E-state index contributed by atoms with van der Waals surface area (Å²) < 4.78 is 17.4. The fraction of sp³-hybridized carbons (Fsp3) is 0.938. The van der Waals surface area contributed by atoms with Gasteiger partial charge in [0.05, 0.1) is 25.9 Å². The molecule has 22 heavy (non-hydrogen) atoms. The third kappa shape index (κ3) is 5.89. The van der Waals surface area contributed by atoms with Gasteiger partial charge in [-0.3, -0.25) is 0 Å². The summed E-state index contributed by atoms with van der Waals surface area (Å²) in [5.41, 5.74) is -0.470. The number of amides is 1. The Morgan fingerprint density at radius 3 is 2.32 bits per heavy atom. The number of hydrogen-bond donors (Lipinski definition) is 0. The second-order valence-electron chi connectivity index (χ2n) is 8.49. The maximum atomic E-state index is 12.1. The van der Waals surface area contributed by atoms with E-state index in [9.17, 15) is 4.79 Å². The Labute approximate surface area is 136 Å². The summed E-state index contributed by atoms with van der Waals surface area (Å²) in [4.78, 5) is 13.9. The fourth-order valence-electron chi connectivity index (χ4n) is 1.83. The van der Waals surface area contributed by atoms with Crippen LogP contribution in [-0.2, 0) is 13.9 Å². The smallest absolute Gasteiger partial charge is 0.410 e. The summed E-state index contributed by atoms with van der Waals surface area (Å²) >= 11 is 0. The lowest BCUT2D eigenvalue weighted by Gasteiger charge is -2.39. The monoisotopic (exact) mass is 331 g/mol. The molecule has 0 aromatic heterocycles. The van der Waals surface area contributed by atoms with Gasteiger partial charge in [0, 0.05) is 6.54 Å². The van der Waals surface area contributed by atoms with E-state index >= 15 is 0 Å². The van der Waals surface area contributed by atoms with E-state index in [1.54, 1.807) is 4.90 Å². The van der Waals surface area contributed by atoms with Crippen molar-refractivity contribution < 1.29 is 18.7 Å². The highest BCUT2D eigenvalue weighted by molar-refractivity contribution is 6.74. The van der Waals surface area contributed by atoms with Gasteiger partial charge in [0.1, 0.15) is 5.60 Å². The molecule has 1 rings (SSSR count). The summed E-state index contributed by atoms with van der Waals surface area (Å²) in [6.45, 7) is 18.9. The fourth-order valence-corrected chi connectivity index (χ4v) is 2.87. The number of hydrogen-bond acceptors (Lipinski definition) is 4. The average molecular weight is 332 g/mol. The molecule has 0 N–H and O–H groups in total. The average Bonchev–Trinajstić information content (AvgIpc) is 2.33. The molecule has 1 fully saturated rings. The van der Waals surface area contributed by atoms with Crippen molar-refractivity contribution in [3.05, 3.63) is 0 Å². The molecule has 0 aromatic rings. The van der Waals surface area contributed by atoms with Crippen LogP contribution in [-0.4, -0.2) is 57.3 Å². The molecule has 0 bridgehead atoms. The van der Waals surface area contributed by atoms with Gasteiger partial charge < -0.3 is 18.8 Å². The van der Waals surface area contributed by atoms with Gasteiger partial charge in [-0.25, -0.2) is 4.79 Å². The zero-order valence-electron chi connectivity index (χ0n) is 15.5. The summed E-state index contributed by atoms with van der Waals surface area (Å²) in [5.74, 6) is 0. The first-order valence-corrected chi connectivity index (χ1v) is 11.0. The normalized spacial score (nSPS) is 20.9. The first kappa shape index (κ1) is 19.5. The molecule has 1 amide bonds. The molecule has 0 saturated carbocycles. The molecule has 6 heteroatoms. The first-order chi connectivity index (χ1) is 9.82. The second-order valence-corrected chi connectivity index (χ2v) is 13.3. The molecule has 1 atom stereocenters. The van der Waals surface area contributed by atoms with Gasteiger partial charge >= 0.3 is 6.09 Å². The van der Waals surface area contributed by atoms with Crippen LogP contribution in [0.15, 0.2) is 0 Å². The van der Waals surface area contributed by atoms with E-state index in [1.165, 1.54) is 0 Å². The van der Waals surface area contributed by atoms with Crippen LogP contribution >= 0.6 is 0 Å². The topological polar surface area (TPSA) is 48.0 Å². The van der Waals surface area contributed by atoms with Gasteiger partial charge in [-0.05, 0) is 38.9 Å². The molecule has 1 saturated heterocycles. The summed E-state index contributed by atoms with van der Waals surface area (Å²) in [5, 5.41) is 0.173. The number of rotatable bonds is 3. The number of morpholine rings is 1. The van der Waals surface area contributed by atoms with Crippen LogP contribution in [0.4, 0.5) is 4.79 Å². The highest BCUT2D eigenvalue weighted by Crippen LogP contribution is 2.36. The molecule has 1 unspecified atom stereocenters. The third-order valence-corrected chi connectivity index (χ3v) is 8.73.